The second-order valence-corrected chi connectivity index (χ2v) is 6.47. The fraction of sp³-hybridized carbons (Fsp3) is 0.333. The second-order valence-electron chi connectivity index (χ2n) is 5.44. The minimum absolute atomic E-state index is 0.163. The first-order chi connectivity index (χ1) is 12.0. The first kappa shape index (κ1) is 18.8. The van der Waals surface area contributed by atoms with Gasteiger partial charge in [-0.2, -0.15) is 0 Å². The van der Waals surface area contributed by atoms with Crippen molar-refractivity contribution in [3.05, 3.63) is 35.4 Å². The van der Waals surface area contributed by atoms with Crippen LogP contribution in [-0.4, -0.2) is 55.7 Å². The number of rotatable bonds is 5. The number of carbonyl (C=O) groups is 1. The Morgan fingerprint density at radius 1 is 1.40 bits per heavy atom. The molecule has 2 rings (SSSR count). The van der Waals surface area contributed by atoms with Crippen molar-refractivity contribution in [2.24, 2.45) is 9.98 Å². The Labute approximate surface area is 152 Å². The van der Waals surface area contributed by atoms with Gasteiger partial charge in [-0.15, -0.1) is 11.3 Å². The maximum absolute atomic E-state index is 13.1. The summed E-state index contributed by atoms with van der Waals surface area (Å²) < 4.78 is 0. The van der Waals surface area contributed by atoms with Gasteiger partial charge in [0.05, 0.1) is 11.2 Å². The van der Waals surface area contributed by atoms with Crippen LogP contribution >= 0.6 is 11.3 Å². The number of fused-ring (bicyclic) bond motifs is 1. The highest BCUT2D eigenvalue weighted by Crippen LogP contribution is 2.31. The van der Waals surface area contributed by atoms with Crippen molar-refractivity contribution in [2.75, 3.05) is 32.6 Å². The standard InChI is InChI=1S/C18H23N5OS/c1-6-8-16(20-7-2)23(12-19-3)18(24)15-11-13-14(22(4)5)9-10-21-17(13)25-15/h6,8-12H,7H2,1-5H3/b8-6-,19-12?,20-16?. The van der Waals surface area contributed by atoms with Gasteiger partial charge in [0.25, 0.3) is 5.91 Å². The van der Waals surface area contributed by atoms with Crippen LogP contribution in [0.25, 0.3) is 10.2 Å². The predicted molar refractivity (Wildman–Crippen MR) is 107 cm³/mol. The van der Waals surface area contributed by atoms with Crippen molar-refractivity contribution >= 4 is 45.3 Å². The average molecular weight is 357 g/mol. The summed E-state index contributed by atoms with van der Waals surface area (Å²) in [6, 6.07) is 3.83. The number of anilines is 1. The third-order valence-corrected chi connectivity index (χ3v) is 4.47. The number of aromatic nitrogens is 1. The normalized spacial score (nSPS) is 12.4. The van der Waals surface area contributed by atoms with Crippen molar-refractivity contribution in [1.29, 1.82) is 0 Å². The van der Waals surface area contributed by atoms with Gasteiger partial charge in [-0.05, 0) is 32.1 Å². The molecule has 0 spiro atoms. The van der Waals surface area contributed by atoms with Crippen LogP contribution < -0.4 is 4.90 Å². The lowest BCUT2D eigenvalue weighted by Crippen LogP contribution is -2.34. The van der Waals surface area contributed by atoms with Crippen molar-refractivity contribution in [1.82, 2.24) is 9.88 Å². The Morgan fingerprint density at radius 2 is 2.16 bits per heavy atom. The number of aliphatic imine (C=N–C) groups is 2. The molecule has 1 amide bonds. The minimum atomic E-state index is -0.163. The summed E-state index contributed by atoms with van der Waals surface area (Å²) in [6.07, 6.45) is 6.92. The van der Waals surface area contributed by atoms with E-state index in [0.717, 1.165) is 15.9 Å². The maximum Gasteiger partial charge on any atom is 0.274 e. The fourth-order valence-corrected chi connectivity index (χ4v) is 3.35. The molecule has 0 aromatic carbocycles. The third kappa shape index (κ3) is 4.11. The zero-order valence-electron chi connectivity index (χ0n) is 15.2. The maximum atomic E-state index is 13.1. The number of thiophene rings is 1. The van der Waals surface area contributed by atoms with Crippen LogP contribution in [0.5, 0.6) is 0 Å². The summed E-state index contributed by atoms with van der Waals surface area (Å²) in [5.41, 5.74) is 1.03. The zero-order chi connectivity index (χ0) is 18.4. The molecule has 0 aliphatic heterocycles. The van der Waals surface area contributed by atoms with Crippen LogP contribution in [0, 0.1) is 0 Å². The number of nitrogens with zero attached hydrogens (tertiary/aromatic N) is 5. The van der Waals surface area contributed by atoms with Crippen LogP contribution in [0.4, 0.5) is 5.69 Å². The molecular weight excluding hydrogens is 334 g/mol. The SMILES string of the molecule is C/C=C\C(=NCC)N(C=NC)C(=O)c1cc2c(N(C)C)ccnc2s1. The van der Waals surface area contributed by atoms with Gasteiger partial charge in [-0.3, -0.25) is 19.7 Å². The third-order valence-electron chi connectivity index (χ3n) is 3.44. The Morgan fingerprint density at radius 3 is 2.76 bits per heavy atom. The summed E-state index contributed by atoms with van der Waals surface area (Å²) in [4.78, 5) is 30.8. The molecule has 2 aromatic rings. The molecule has 2 aromatic heterocycles. The van der Waals surface area contributed by atoms with E-state index >= 15 is 0 Å². The molecular formula is C18H23N5OS. The molecule has 0 aliphatic rings. The van der Waals surface area contributed by atoms with E-state index in [1.807, 2.05) is 51.1 Å². The Bertz CT molecular complexity index is 835. The van der Waals surface area contributed by atoms with Crippen LogP contribution in [0.2, 0.25) is 0 Å². The predicted octanol–water partition coefficient (Wildman–Crippen LogP) is 3.46. The van der Waals surface area contributed by atoms with E-state index in [9.17, 15) is 4.79 Å². The van der Waals surface area contributed by atoms with Crippen LogP contribution in [0.15, 0.2) is 40.5 Å². The molecule has 0 fully saturated rings. The van der Waals surface area contributed by atoms with Gasteiger partial charge in [0.2, 0.25) is 0 Å². The van der Waals surface area contributed by atoms with Gasteiger partial charge in [-0.25, -0.2) is 4.98 Å². The molecule has 0 atom stereocenters. The van der Waals surface area contributed by atoms with Gasteiger partial charge in [0, 0.05) is 45.0 Å². The quantitative estimate of drug-likeness (QED) is 0.608. The van der Waals surface area contributed by atoms with Crippen molar-refractivity contribution in [3.8, 4) is 0 Å². The molecule has 2 heterocycles. The van der Waals surface area contributed by atoms with Crippen LogP contribution in [-0.2, 0) is 0 Å². The average Bonchev–Trinajstić information content (AvgIpc) is 3.03. The molecule has 0 saturated carbocycles. The number of allylic oxidation sites excluding steroid dienone is 1. The van der Waals surface area contributed by atoms with E-state index in [0.29, 0.717) is 17.3 Å². The topological polar surface area (TPSA) is 61.2 Å². The molecule has 6 nitrogen and oxygen atoms in total. The van der Waals surface area contributed by atoms with E-state index in [4.69, 9.17) is 0 Å². The lowest BCUT2D eigenvalue weighted by molar-refractivity contribution is 0.0911. The number of hydrogen-bond acceptors (Lipinski definition) is 6. The van der Waals surface area contributed by atoms with Crippen molar-refractivity contribution < 1.29 is 4.79 Å². The summed E-state index contributed by atoms with van der Waals surface area (Å²) >= 11 is 1.37. The zero-order valence-corrected chi connectivity index (χ0v) is 16.0. The summed E-state index contributed by atoms with van der Waals surface area (Å²) in [7, 11) is 5.58. The van der Waals surface area contributed by atoms with E-state index < -0.39 is 0 Å². The summed E-state index contributed by atoms with van der Waals surface area (Å²) in [5, 5.41) is 0.967. The number of carbonyl (C=O) groups excluding carboxylic acids is 1. The van der Waals surface area contributed by atoms with Crippen LogP contribution in [0.3, 0.4) is 0 Å². The van der Waals surface area contributed by atoms with Gasteiger partial charge in [0.1, 0.15) is 10.7 Å². The molecule has 0 unspecified atom stereocenters. The number of pyridine rings is 1. The molecule has 0 N–H and O–H groups in total. The molecule has 0 saturated heterocycles. The van der Waals surface area contributed by atoms with Gasteiger partial charge < -0.3 is 4.90 Å². The van der Waals surface area contributed by atoms with Crippen molar-refractivity contribution in [2.45, 2.75) is 13.8 Å². The summed E-state index contributed by atoms with van der Waals surface area (Å²) in [5.74, 6) is 0.405. The highest BCUT2D eigenvalue weighted by Gasteiger charge is 2.21. The summed E-state index contributed by atoms with van der Waals surface area (Å²) in [6.45, 7) is 4.41. The minimum Gasteiger partial charge on any atom is -0.377 e. The Balaban J connectivity index is 2.51. The molecule has 0 aliphatic carbocycles. The van der Waals surface area contributed by atoms with E-state index in [1.165, 1.54) is 22.6 Å². The lowest BCUT2D eigenvalue weighted by Gasteiger charge is -2.16. The molecule has 7 heteroatoms. The lowest BCUT2D eigenvalue weighted by atomic mass is 10.2. The number of amides is 1. The Kier molecular flexibility index (Phi) is 6.41. The smallest absolute Gasteiger partial charge is 0.274 e. The van der Waals surface area contributed by atoms with E-state index in [2.05, 4.69) is 15.0 Å². The Hall–Kier alpha value is -2.54. The molecule has 0 bridgehead atoms. The highest BCUT2D eigenvalue weighted by atomic mass is 32.1. The molecule has 25 heavy (non-hydrogen) atoms. The largest absolute Gasteiger partial charge is 0.377 e. The van der Waals surface area contributed by atoms with Gasteiger partial charge in [0.15, 0.2) is 0 Å². The van der Waals surface area contributed by atoms with E-state index in [-0.39, 0.29) is 5.91 Å². The molecule has 0 radical (unpaired) electrons. The number of hydrogen-bond donors (Lipinski definition) is 0. The first-order valence-electron chi connectivity index (χ1n) is 8.02. The van der Waals surface area contributed by atoms with Crippen LogP contribution in [0.1, 0.15) is 23.5 Å². The first-order valence-corrected chi connectivity index (χ1v) is 8.84. The highest BCUT2D eigenvalue weighted by molar-refractivity contribution is 7.20. The van der Waals surface area contributed by atoms with Crippen molar-refractivity contribution in [3.63, 3.8) is 0 Å². The van der Waals surface area contributed by atoms with Gasteiger partial charge in [-0.1, -0.05) is 6.08 Å². The van der Waals surface area contributed by atoms with Gasteiger partial charge >= 0.3 is 0 Å². The fourth-order valence-electron chi connectivity index (χ4n) is 2.39. The molecule has 132 valence electrons. The second kappa shape index (κ2) is 8.53. The monoisotopic (exact) mass is 357 g/mol. The van der Waals surface area contributed by atoms with E-state index in [1.54, 1.807) is 19.3 Å². The number of amidine groups is 1.